The largest absolute Gasteiger partial charge is 0.387 e. The van der Waals surface area contributed by atoms with E-state index in [4.69, 9.17) is 16.6 Å². The molecular weight excluding hydrogens is 204 g/mol. The van der Waals surface area contributed by atoms with E-state index in [9.17, 15) is 0 Å². The van der Waals surface area contributed by atoms with Gasteiger partial charge in [-0.15, -0.1) is 0 Å². The summed E-state index contributed by atoms with van der Waals surface area (Å²) in [6, 6.07) is 0.269. The molecule has 0 aliphatic carbocycles. The van der Waals surface area contributed by atoms with Crippen molar-refractivity contribution >= 4 is 12.2 Å². The third-order valence-corrected chi connectivity index (χ3v) is 2.60. The van der Waals surface area contributed by atoms with Crippen LogP contribution in [0.4, 0.5) is 0 Å². The van der Waals surface area contributed by atoms with E-state index in [-0.39, 0.29) is 11.9 Å². The Morgan fingerprint density at radius 3 is 2.38 bits per heavy atom. The van der Waals surface area contributed by atoms with Crippen molar-refractivity contribution in [2.45, 2.75) is 19.9 Å². The van der Waals surface area contributed by atoms with Gasteiger partial charge in [-0.3, -0.25) is 15.8 Å². The fourth-order valence-electron chi connectivity index (χ4n) is 1.48. The molecule has 0 rings (SSSR count). The van der Waals surface area contributed by atoms with Crippen LogP contribution in [0.15, 0.2) is 0 Å². The minimum atomic E-state index is 0.144. The van der Waals surface area contributed by atoms with Gasteiger partial charge >= 0.3 is 0 Å². The summed E-state index contributed by atoms with van der Waals surface area (Å²) in [6.45, 7) is 5.42. The van der Waals surface area contributed by atoms with E-state index in [0.717, 1.165) is 6.54 Å². The molecule has 0 aliphatic heterocycles. The number of amidine groups is 1. The summed E-state index contributed by atoms with van der Waals surface area (Å²) in [5.74, 6) is 0.595. The first kappa shape index (κ1) is 14.9. The Balaban J connectivity index is 4.26. The quantitative estimate of drug-likeness (QED) is 0.266. The highest BCUT2D eigenvalue weighted by molar-refractivity contribution is 5.78. The van der Waals surface area contributed by atoms with Crippen LogP contribution in [0.25, 0.3) is 0 Å². The van der Waals surface area contributed by atoms with Gasteiger partial charge < -0.3 is 11.1 Å². The van der Waals surface area contributed by atoms with Crippen LogP contribution in [-0.4, -0.2) is 55.4 Å². The van der Waals surface area contributed by atoms with Gasteiger partial charge in [0.25, 0.3) is 0 Å². The average Bonchev–Trinajstić information content (AvgIpc) is 2.21. The summed E-state index contributed by atoms with van der Waals surface area (Å²) in [5.41, 5.74) is 5.28. The molecule has 0 aromatic rings. The van der Waals surface area contributed by atoms with Crippen LogP contribution in [0.5, 0.6) is 0 Å². The lowest BCUT2D eigenvalue weighted by molar-refractivity contribution is 0.0334. The number of hydrogen-bond donors (Lipinski definition) is 4. The topological polar surface area (TPSA) is 92.2 Å². The predicted octanol–water partition coefficient (Wildman–Crippen LogP) is -0.0778. The average molecular weight is 228 g/mol. The molecule has 5 N–H and O–H groups in total. The highest BCUT2D eigenvalue weighted by atomic mass is 15.6. The van der Waals surface area contributed by atoms with Gasteiger partial charge in [0.15, 0.2) is 0 Å². The van der Waals surface area contributed by atoms with E-state index >= 15 is 0 Å². The number of hydrazine groups is 1. The molecule has 0 aromatic carbocycles. The van der Waals surface area contributed by atoms with Crippen molar-refractivity contribution in [2.75, 3.05) is 27.2 Å². The van der Waals surface area contributed by atoms with Crippen molar-refractivity contribution in [3.05, 3.63) is 0 Å². The molecule has 0 radical (unpaired) electrons. The molecule has 0 fully saturated rings. The first-order valence-corrected chi connectivity index (χ1v) is 5.40. The number of nitrogens with two attached hydrogens (primary N) is 1. The zero-order chi connectivity index (χ0) is 12.7. The third kappa shape index (κ3) is 5.09. The molecular formula is C10H24N6. The zero-order valence-electron chi connectivity index (χ0n) is 10.6. The van der Waals surface area contributed by atoms with Gasteiger partial charge in [-0.25, -0.2) is 5.01 Å². The van der Waals surface area contributed by atoms with Crippen molar-refractivity contribution in [1.82, 2.24) is 15.3 Å². The molecule has 6 nitrogen and oxygen atoms in total. The van der Waals surface area contributed by atoms with Crippen molar-refractivity contribution in [2.24, 2.45) is 11.7 Å². The molecule has 0 amide bonds. The van der Waals surface area contributed by atoms with Crippen molar-refractivity contribution in [3.8, 4) is 0 Å². The highest BCUT2D eigenvalue weighted by Crippen LogP contribution is 2.08. The maximum absolute atomic E-state index is 7.20. The Morgan fingerprint density at radius 2 is 2.00 bits per heavy atom. The van der Waals surface area contributed by atoms with E-state index in [2.05, 4.69) is 19.2 Å². The number of likely N-dealkylation sites (N-methyl/N-ethyl adjacent to an activating group) is 1. The van der Waals surface area contributed by atoms with Crippen LogP contribution < -0.4 is 11.1 Å². The second kappa shape index (κ2) is 7.19. The van der Waals surface area contributed by atoms with Crippen LogP contribution in [0, 0.1) is 16.7 Å². The lowest BCUT2D eigenvalue weighted by Gasteiger charge is -2.36. The maximum Gasteiger partial charge on any atom is 0.105 e. The lowest BCUT2D eigenvalue weighted by atomic mass is 10.0. The molecule has 0 unspecified atom stereocenters. The Bertz CT molecular complexity index is 227. The Hall–Kier alpha value is -1.14. The number of nitrogens with one attached hydrogen (secondary N) is 3. The normalized spacial score (nSPS) is 12.9. The van der Waals surface area contributed by atoms with Crippen molar-refractivity contribution in [1.29, 1.82) is 10.8 Å². The second-order valence-corrected chi connectivity index (χ2v) is 4.24. The minimum Gasteiger partial charge on any atom is -0.387 e. The molecule has 0 aromatic heterocycles. The van der Waals surface area contributed by atoms with Crippen LogP contribution in [-0.2, 0) is 0 Å². The van der Waals surface area contributed by atoms with E-state index < -0.39 is 0 Å². The van der Waals surface area contributed by atoms with Gasteiger partial charge in [-0.2, -0.15) is 0 Å². The monoisotopic (exact) mass is 228 g/mol. The maximum atomic E-state index is 7.20. The molecule has 0 heterocycles. The predicted molar refractivity (Wildman–Crippen MR) is 67.7 cm³/mol. The Kier molecular flexibility index (Phi) is 6.67. The smallest absolute Gasteiger partial charge is 0.105 e. The molecule has 0 bridgehead atoms. The fourth-order valence-corrected chi connectivity index (χ4v) is 1.48. The van der Waals surface area contributed by atoms with Gasteiger partial charge in [0.2, 0.25) is 0 Å². The molecule has 0 aliphatic rings. The number of rotatable bonds is 8. The van der Waals surface area contributed by atoms with Gasteiger partial charge in [-0.1, -0.05) is 13.8 Å². The SMILES string of the molecule is CC(C)[C@@H](CNCC(=N)N)N(C)N(C)C=N. The Morgan fingerprint density at radius 1 is 1.44 bits per heavy atom. The summed E-state index contributed by atoms with van der Waals surface area (Å²) in [4.78, 5) is 0. The van der Waals surface area contributed by atoms with Crippen LogP contribution in [0.1, 0.15) is 13.8 Å². The first-order chi connectivity index (χ1) is 7.40. The first-order valence-electron chi connectivity index (χ1n) is 5.40. The second-order valence-electron chi connectivity index (χ2n) is 4.24. The van der Waals surface area contributed by atoms with Crippen LogP contribution >= 0.6 is 0 Å². The van der Waals surface area contributed by atoms with Gasteiger partial charge in [-0.05, 0) is 5.92 Å². The summed E-state index contributed by atoms with van der Waals surface area (Å²) in [6.07, 6.45) is 1.28. The van der Waals surface area contributed by atoms with Crippen molar-refractivity contribution < 1.29 is 0 Å². The molecule has 16 heavy (non-hydrogen) atoms. The molecule has 6 heteroatoms. The Labute approximate surface area is 97.8 Å². The summed E-state index contributed by atoms with van der Waals surface area (Å²) in [7, 11) is 3.79. The zero-order valence-corrected chi connectivity index (χ0v) is 10.6. The van der Waals surface area contributed by atoms with Gasteiger partial charge in [0.1, 0.15) is 5.84 Å². The molecule has 0 saturated carbocycles. The number of nitrogens with zero attached hydrogens (tertiary/aromatic N) is 2. The van der Waals surface area contributed by atoms with Crippen LogP contribution in [0.2, 0.25) is 0 Å². The molecule has 1 atom stereocenters. The summed E-state index contributed by atoms with van der Waals surface area (Å²) >= 11 is 0. The summed E-state index contributed by atoms with van der Waals surface area (Å²) in [5, 5.41) is 21.2. The van der Waals surface area contributed by atoms with Gasteiger partial charge in [0.05, 0.1) is 12.9 Å². The van der Waals surface area contributed by atoms with Crippen LogP contribution in [0.3, 0.4) is 0 Å². The van der Waals surface area contributed by atoms with Crippen molar-refractivity contribution in [3.63, 3.8) is 0 Å². The molecule has 0 spiro atoms. The van der Waals surface area contributed by atoms with Gasteiger partial charge in [0, 0.05) is 26.7 Å². The van der Waals surface area contributed by atoms with E-state index in [1.807, 2.05) is 19.1 Å². The highest BCUT2D eigenvalue weighted by Gasteiger charge is 2.20. The van der Waals surface area contributed by atoms with E-state index in [0.29, 0.717) is 12.5 Å². The standard InChI is InChI=1S/C10H24N6/c1-8(2)9(5-14-6-10(12)13)16(4)15(3)7-11/h7-9,11,14H,5-6H2,1-4H3,(H3,12,13)/t9-/m1/s1. The lowest BCUT2D eigenvalue weighted by Crippen LogP contribution is -2.51. The van der Waals surface area contributed by atoms with E-state index in [1.54, 1.807) is 5.01 Å². The fraction of sp³-hybridized carbons (Fsp3) is 0.800. The summed E-state index contributed by atoms with van der Waals surface area (Å²) < 4.78 is 0. The number of hydrogen-bond acceptors (Lipinski definition) is 4. The molecule has 94 valence electrons. The third-order valence-electron chi connectivity index (χ3n) is 2.60. The molecule has 0 saturated heterocycles. The minimum absolute atomic E-state index is 0.144. The van der Waals surface area contributed by atoms with E-state index in [1.165, 1.54) is 6.34 Å².